The molecule has 8 heteroatoms. The molecule has 7 nitrogen and oxygen atoms in total. The number of carbonyl (C=O) groups excluding carboxylic acids is 1. The standard InChI is InChI=1S/C14H25N5O2S/c1-14(2,3)6-7-15-12(20)10-22-13-16-17-18-19(13)9-11-5-4-8-21-11/h11H,4-10H2,1-3H3,(H,15,20). The van der Waals surface area contributed by atoms with Gasteiger partial charge in [0.05, 0.1) is 18.4 Å². The Balaban J connectivity index is 1.72. The van der Waals surface area contributed by atoms with Gasteiger partial charge in [0.1, 0.15) is 0 Å². The zero-order chi connectivity index (χ0) is 16.0. The second kappa shape index (κ2) is 7.92. The van der Waals surface area contributed by atoms with Crippen molar-refractivity contribution in [2.45, 2.75) is 57.8 Å². The summed E-state index contributed by atoms with van der Waals surface area (Å²) in [7, 11) is 0. The Morgan fingerprint density at radius 3 is 3.00 bits per heavy atom. The van der Waals surface area contributed by atoms with Crippen LogP contribution in [0.5, 0.6) is 0 Å². The van der Waals surface area contributed by atoms with Crippen LogP contribution in [0.1, 0.15) is 40.0 Å². The third kappa shape index (κ3) is 5.92. The van der Waals surface area contributed by atoms with E-state index in [9.17, 15) is 4.79 Å². The molecule has 22 heavy (non-hydrogen) atoms. The van der Waals surface area contributed by atoms with Crippen LogP contribution in [-0.4, -0.2) is 51.1 Å². The zero-order valence-corrected chi connectivity index (χ0v) is 14.4. The van der Waals surface area contributed by atoms with E-state index in [-0.39, 0.29) is 17.4 Å². The van der Waals surface area contributed by atoms with Gasteiger partial charge in [-0.1, -0.05) is 32.5 Å². The molecule has 0 spiro atoms. The predicted molar refractivity (Wildman–Crippen MR) is 84.6 cm³/mol. The van der Waals surface area contributed by atoms with Crippen molar-refractivity contribution in [3.05, 3.63) is 0 Å². The summed E-state index contributed by atoms with van der Waals surface area (Å²) in [5.74, 6) is 0.344. The molecule has 1 aromatic heterocycles. The zero-order valence-electron chi connectivity index (χ0n) is 13.5. The predicted octanol–water partition coefficient (Wildman–Crippen LogP) is 1.50. The molecule has 1 unspecified atom stereocenters. The van der Waals surface area contributed by atoms with Crippen molar-refractivity contribution in [3.63, 3.8) is 0 Å². The lowest BCUT2D eigenvalue weighted by molar-refractivity contribution is -0.118. The minimum absolute atomic E-state index is 0.0147. The molecule has 0 bridgehead atoms. The monoisotopic (exact) mass is 327 g/mol. The molecule has 1 aliphatic rings. The molecule has 0 aromatic carbocycles. The van der Waals surface area contributed by atoms with Gasteiger partial charge in [-0.05, 0) is 35.1 Å². The van der Waals surface area contributed by atoms with Crippen molar-refractivity contribution in [2.24, 2.45) is 5.41 Å². The number of aromatic nitrogens is 4. The molecule has 1 amide bonds. The normalized spacial score (nSPS) is 18.6. The Bertz CT molecular complexity index is 480. The number of tetrazole rings is 1. The minimum atomic E-state index is 0.0147. The molecule has 0 radical (unpaired) electrons. The fourth-order valence-electron chi connectivity index (χ4n) is 2.15. The fourth-order valence-corrected chi connectivity index (χ4v) is 2.87. The molecule has 1 aliphatic heterocycles. The van der Waals surface area contributed by atoms with Gasteiger partial charge in [0.2, 0.25) is 11.1 Å². The molecule has 2 rings (SSSR count). The third-order valence-corrected chi connectivity index (χ3v) is 4.39. The van der Waals surface area contributed by atoms with Crippen LogP contribution in [-0.2, 0) is 16.1 Å². The van der Waals surface area contributed by atoms with E-state index in [2.05, 4.69) is 41.6 Å². The Kier molecular flexibility index (Phi) is 6.19. The fraction of sp³-hybridized carbons (Fsp3) is 0.857. The van der Waals surface area contributed by atoms with E-state index in [1.807, 2.05) is 0 Å². The molecule has 124 valence electrons. The summed E-state index contributed by atoms with van der Waals surface area (Å²) in [5.41, 5.74) is 0.228. The number of hydrogen-bond donors (Lipinski definition) is 1. The van der Waals surface area contributed by atoms with Gasteiger partial charge >= 0.3 is 0 Å². The lowest BCUT2D eigenvalue weighted by Crippen LogP contribution is -2.28. The first kappa shape index (κ1) is 17.2. The lowest BCUT2D eigenvalue weighted by atomic mass is 9.92. The Hall–Kier alpha value is -1.15. The highest BCUT2D eigenvalue weighted by Gasteiger charge is 2.19. The summed E-state index contributed by atoms with van der Waals surface area (Å²) < 4.78 is 7.31. The highest BCUT2D eigenvalue weighted by atomic mass is 32.2. The van der Waals surface area contributed by atoms with Gasteiger partial charge in [0.25, 0.3) is 0 Å². The van der Waals surface area contributed by atoms with Gasteiger partial charge in [-0.25, -0.2) is 4.68 Å². The van der Waals surface area contributed by atoms with E-state index >= 15 is 0 Å². The van der Waals surface area contributed by atoms with Gasteiger partial charge < -0.3 is 10.1 Å². The number of ether oxygens (including phenoxy) is 1. The molecule has 1 fully saturated rings. The van der Waals surface area contributed by atoms with Crippen LogP contribution >= 0.6 is 11.8 Å². The molecule has 1 atom stereocenters. The highest BCUT2D eigenvalue weighted by molar-refractivity contribution is 7.99. The summed E-state index contributed by atoms with van der Waals surface area (Å²) in [6, 6.07) is 0. The maximum Gasteiger partial charge on any atom is 0.230 e. The molecule has 1 saturated heterocycles. The third-order valence-electron chi connectivity index (χ3n) is 3.43. The molecule has 1 N–H and O–H groups in total. The maximum atomic E-state index is 11.8. The van der Waals surface area contributed by atoms with Crippen molar-refractivity contribution in [1.82, 2.24) is 25.5 Å². The smallest absolute Gasteiger partial charge is 0.230 e. The SMILES string of the molecule is CC(C)(C)CCNC(=O)CSc1nnnn1CC1CCCO1. The first-order chi connectivity index (χ1) is 10.4. The summed E-state index contributed by atoms with van der Waals surface area (Å²) in [5, 5.41) is 15.2. The van der Waals surface area contributed by atoms with Gasteiger partial charge in [0.15, 0.2) is 0 Å². The highest BCUT2D eigenvalue weighted by Crippen LogP contribution is 2.19. The topological polar surface area (TPSA) is 81.9 Å². The van der Waals surface area contributed by atoms with Crippen LogP contribution in [0, 0.1) is 5.41 Å². The lowest BCUT2D eigenvalue weighted by Gasteiger charge is -2.17. The van der Waals surface area contributed by atoms with E-state index < -0.39 is 0 Å². The van der Waals surface area contributed by atoms with Crippen LogP contribution in [0.3, 0.4) is 0 Å². The van der Waals surface area contributed by atoms with Crippen LogP contribution in [0.25, 0.3) is 0 Å². The molecular weight excluding hydrogens is 302 g/mol. The van der Waals surface area contributed by atoms with Gasteiger partial charge in [-0.3, -0.25) is 4.79 Å². The minimum Gasteiger partial charge on any atom is -0.376 e. The van der Waals surface area contributed by atoms with Crippen molar-refractivity contribution in [1.29, 1.82) is 0 Å². The number of carbonyl (C=O) groups is 1. The second-order valence-electron chi connectivity index (χ2n) is 6.73. The molecular formula is C14H25N5O2S. The molecule has 2 heterocycles. The van der Waals surface area contributed by atoms with E-state index in [0.29, 0.717) is 24.0 Å². The average molecular weight is 327 g/mol. The van der Waals surface area contributed by atoms with E-state index in [4.69, 9.17) is 4.74 Å². The van der Waals surface area contributed by atoms with Crippen LogP contribution < -0.4 is 5.32 Å². The number of rotatable bonds is 7. The summed E-state index contributed by atoms with van der Waals surface area (Å²) >= 11 is 1.36. The largest absolute Gasteiger partial charge is 0.376 e. The second-order valence-corrected chi connectivity index (χ2v) is 7.67. The van der Waals surface area contributed by atoms with Crippen LogP contribution in [0.2, 0.25) is 0 Å². The van der Waals surface area contributed by atoms with Gasteiger partial charge in [-0.2, -0.15) is 0 Å². The Morgan fingerprint density at radius 2 is 2.32 bits per heavy atom. The Morgan fingerprint density at radius 1 is 1.50 bits per heavy atom. The van der Waals surface area contributed by atoms with E-state index in [1.54, 1.807) is 4.68 Å². The van der Waals surface area contributed by atoms with Gasteiger partial charge in [-0.15, -0.1) is 5.10 Å². The summed E-state index contributed by atoms with van der Waals surface area (Å²) in [6.07, 6.45) is 3.27. The molecule has 1 aromatic rings. The number of thioether (sulfide) groups is 1. The maximum absolute atomic E-state index is 11.8. The number of nitrogens with one attached hydrogen (secondary N) is 1. The van der Waals surface area contributed by atoms with E-state index in [0.717, 1.165) is 25.9 Å². The number of amides is 1. The number of nitrogens with zero attached hydrogens (tertiary/aromatic N) is 4. The first-order valence-corrected chi connectivity index (χ1v) is 8.70. The van der Waals surface area contributed by atoms with Gasteiger partial charge in [0, 0.05) is 13.2 Å². The average Bonchev–Trinajstić information content (AvgIpc) is 3.07. The quantitative estimate of drug-likeness (QED) is 0.764. The van der Waals surface area contributed by atoms with Crippen molar-refractivity contribution < 1.29 is 9.53 Å². The number of hydrogen-bond acceptors (Lipinski definition) is 6. The first-order valence-electron chi connectivity index (χ1n) is 7.71. The van der Waals surface area contributed by atoms with Crippen molar-refractivity contribution in [3.8, 4) is 0 Å². The Labute approximate surface area is 135 Å². The van der Waals surface area contributed by atoms with Crippen molar-refractivity contribution >= 4 is 17.7 Å². The van der Waals surface area contributed by atoms with Crippen LogP contribution in [0.4, 0.5) is 0 Å². The van der Waals surface area contributed by atoms with Crippen molar-refractivity contribution in [2.75, 3.05) is 18.9 Å². The summed E-state index contributed by atoms with van der Waals surface area (Å²) in [6.45, 7) is 8.64. The molecule has 0 saturated carbocycles. The van der Waals surface area contributed by atoms with E-state index in [1.165, 1.54) is 11.8 Å². The summed E-state index contributed by atoms with van der Waals surface area (Å²) in [4.78, 5) is 11.8. The van der Waals surface area contributed by atoms with Crippen LogP contribution in [0.15, 0.2) is 5.16 Å². The molecule has 0 aliphatic carbocycles.